The molecule has 0 saturated carbocycles. The summed E-state index contributed by atoms with van der Waals surface area (Å²) in [6.07, 6.45) is 5.78. The smallest absolute Gasteiger partial charge is 0.242 e. The van der Waals surface area contributed by atoms with E-state index in [1.165, 1.54) is 0 Å². The van der Waals surface area contributed by atoms with Gasteiger partial charge in [0.25, 0.3) is 0 Å². The molecule has 0 aromatic rings. The number of nitrogens with zero attached hydrogens (tertiary/aromatic N) is 1. The molecule has 3 nitrogen and oxygen atoms in total. The van der Waals surface area contributed by atoms with Gasteiger partial charge < -0.3 is 10.2 Å². The standard InChI is InChI=1S/C14H26N2O/c1-7-8-9-16(12(4)5)13(10-11(2)3)14(17)15-6/h8-9,11,13H,4,7,10H2,1-3,5-6H3,(H,15,17)/b9-8-. The van der Waals surface area contributed by atoms with Crippen LogP contribution in [0.15, 0.2) is 24.6 Å². The van der Waals surface area contributed by atoms with Gasteiger partial charge in [-0.25, -0.2) is 0 Å². The Morgan fingerprint density at radius 3 is 2.41 bits per heavy atom. The van der Waals surface area contributed by atoms with E-state index in [9.17, 15) is 4.79 Å². The first-order valence-electron chi connectivity index (χ1n) is 6.26. The number of hydrogen-bond acceptors (Lipinski definition) is 2. The zero-order valence-corrected chi connectivity index (χ0v) is 11.8. The number of hydrogen-bond donors (Lipinski definition) is 1. The molecule has 0 bridgehead atoms. The second kappa shape index (κ2) is 7.93. The van der Waals surface area contributed by atoms with Crippen molar-refractivity contribution in [2.75, 3.05) is 7.05 Å². The number of nitrogens with one attached hydrogen (secondary N) is 1. The number of carbonyl (C=O) groups is 1. The van der Waals surface area contributed by atoms with E-state index in [4.69, 9.17) is 0 Å². The van der Waals surface area contributed by atoms with Gasteiger partial charge in [-0.2, -0.15) is 0 Å². The minimum atomic E-state index is -0.166. The van der Waals surface area contributed by atoms with Crippen LogP contribution in [0.3, 0.4) is 0 Å². The molecule has 0 aromatic heterocycles. The molecule has 1 atom stereocenters. The maximum Gasteiger partial charge on any atom is 0.242 e. The highest BCUT2D eigenvalue weighted by molar-refractivity contribution is 5.81. The highest BCUT2D eigenvalue weighted by Crippen LogP contribution is 2.17. The van der Waals surface area contributed by atoms with Gasteiger partial charge in [0.05, 0.1) is 0 Å². The summed E-state index contributed by atoms with van der Waals surface area (Å²) in [6.45, 7) is 12.2. The molecule has 0 saturated heterocycles. The Balaban J connectivity index is 4.99. The van der Waals surface area contributed by atoms with E-state index in [0.29, 0.717) is 5.92 Å². The summed E-state index contributed by atoms with van der Waals surface area (Å²) in [5.41, 5.74) is 0.893. The van der Waals surface area contributed by atoms with Crippen LogP contribution >= 0.6 is 0 Å². The van der Waals surface area contributed by atoms with Gasteiger partial charge in [0, 0.05) is 18.9 Å². The lowest BCUT2D eigenvalue weighted by Gasteiger charge is -2.30. The SMILES string of the molecule is C=C(C)N(/C=C\CC)C(CC(C)C)C(=O)NC. The van der Waals surface area contributed by atoms with Gasteiger partial charge in [-0.15, -0.1) is 0 Å². The van der Waals surface area contributed by atoms with Crippen LogP contribution in [0.2, 0.25) is 0 Å². The molecule has 3 heteroatoms. The Morgan fingerprint density at radius 2 is 2.06 bits per heavy atom. The van der Waals surface area contributed by atoms with Gasteiger partial charge in [0.1, 0.15) is 6.04 Å². The molecule has 0 fully saturated rings. The first kappa shape index (κ1) is 15.8. The summed E-state index contributed by atoms with van der Waals surface area (Å²) >= 11 is 0. The summed E-state index contributed by atoms with van der Waals surface area (Å²) in [5, 5.41) is 2.73. The van der Waals surface area contributed by atoms with Crippen LogP contribution in [0.5, 0.6) is 0 Å². The molecule has 1 unspecified atom stereocenters. The lowest BCUT2D eigenvalue weighted by Crippen LogP contribution is -2.43. The highest BCUT2D eigenvalue weighted by atomic mass is 16.2. The topological polar surface area (TPSA) is 32.3 Å². The molecule has 0 aliphatic rings. The molecular weight excluding hydrogens is 212 g/mol. The van der Waals surface area contributed by atoms with E-state index in [1.807, 2.05) is 24.1 Å². The maximum atomic E-state index is 11.9. The molecule has 0 aliphatic carbocycles. The van der Waals surface area contributed by atoms with Gasteiger partial charge in [-0.05, 0) is 25.7 Å². The number of amides is 1. The summed E-state index contributed by atoms with van der Waals surface area (Å²) in [6, 6.07) is -0.166. The molecule has 0 aromatic carbocycles. The lowest BCUT2D eigenvalue weighted by molar-refractivity contribution is -0.125. The second-order valence-electron chi connectivity index (χ2n) is 4.70. The second-order valence-corrected chi connectivity index (χ2v) is 4.70. The third kappa shape index (κ3) is 5.57. The number of likely N-dealkylation sites (N-methyl/N-ethyl adjacent to an activating group) is 1. The van der Waals surface area contributed by atoms with Gasteiger partial charge >= 0.3 is 0 Å². The fourth-order valence-electron chi connectivity index (χ4n) is 1.68. The van der Waals surface area contributed by atoms with Crippen molar-refractivity contribution >= 4 is 5.91 Å². The number of allylic oxidation sites excluding steroid dienone is 2. The highest BCUT2D eigenvalue weighted by Gasteiger charge is 2.24. The average molecular weight is 238 g/mol. The molecule has 0 rings (SSSR count). The third-order valence-corrected chi connectivity index (χ3v) is 2.52. The molecule has 98 valence electrons. The molecule has 1 amide bonds. The zero-order chi connectivity index (χ0) is 13.4. The van der Waals surface area contributed by atoms with Gasteiger partial charge in [-0.3, -0.25) is 4.79 Å². The maximum absolute atomic E-state index is 11.9. The van der Waals surface area contributed by atoms with Crippen molar-refractivity contribution in [3.05, 3.63) is 24.6 Å². The number of carbonyl (C=O) groups excluding carboxylic acids is 1. The van der Waals surface area contributed by atoms with E-state index in [0.717, 1.165) is 18.5 Å². The van der Waals surface area contributed by atoms with Crippen molar-refractivity contribution in [2.45, 2.75) is 46.6 Å². The molecule has 1 N–H and O–H groups in total. The Morgan fingerprint density at radius 1 is 1.47 bits per heavy atom. The van der Waals surface area contributed by atoms with Crippen molar-refractivity contribution in [1.82, 2.24) is 10.2 Å². The monoisotopic (exact) mass is 238 g/mol. The Hall–Kier alpha value is -1.25. The molecule has 0 spiro atoms. The van der Waals surface area contributed by atoms with Crippen LogP contribution in [0.25, 0.3) is 0 Å². The normalized spacial score (nSPS) is 12.8. The summed E-state index contributed by atoms with van der Waals surface area (Å²) in [4.78, 5) is 13.9. The summed E-state index contributed by atoms with van der Waals surface area (Å²) < 4.78 is 0. The molecule has 0 radical (unpaired) electrons. The lowest BCUT2D eigenvalue weighted by atomic mass is 10.0. The predicted molar refractivity (Wildman–Crippen MR) is 73.4 cm³/mol. The third-order valence-electron chi connectivity index (χ3n) is 2.52. The fraction of sp³-hybridized carbons (Fsp3) is 0.643. The van der Waals surface area contributed by atoms with Crippen molar-refractivity contribution < 1.29 is 4.79 Å². The average Bonchev–Trinajstić information content (AvgIpc) is 2.26. The molecule has 0 aliphatic heterocycles. The fourth-order valence-corrected chi connectivity index (χ4v) is 1.68. The molecular formula is C14H26N2O. The van der Waals surface area contributed by atoms with Crippen molar-refractivity contribution in [2.24, 2.45) is 5.92 Å². The first-order chi connectivity index (χ1) is 7.93. The Bertz CT molecular complexity index is 282. The Labute approximate surface area is 106 Å². The zero-order valence-electron chi connectivity index (χ0n) is 11.8. The van der Waals surface area contributed by atoms with Crippen molar-refractivity contribution in [3.8, 4) is 0 Å². The predicted octanol–water partition coefficient (Wildman–Crippen LogP) is 2.91. The Kier molecular flexibility index (Phi) is 7.35. The molecule has 17 heavy (non-hydrogen) atoms. The van der Waals surface area contributed by atoms with Crippen LogP contribution in [-0.4, -0.2) is 23.9 Å². The van der Waals surface area contributed by atoms with Gasteiger partial charge in [-0.1, -0.05) is 33.4 Å². The van der Waals surface area contributed by atoms with Crippen LogP contribution in [0.4, 0.5) is 0 Å². The van der Waals surface area contributed by atoms with E-state index in [-0.39, 0.29) is 11.9 Å². The first-order valence-corrected chi connectivity index (χ1v) is 6.26. The largest absolute Gasteiger partial charge is 0.357 e. The minimum absolute atomic E-state index is 0.0439. The summed E-state index contributed by atoms with van der Waals surface area (Å²) in [5.74, 6) is 0.511. The van der Waals surface area contributed by atoms with E-state index >= 15 is 0 Å². The molecule has 0 heterocycles. The van der Waals surface area contributed by atoms with Crippen LogP contribution < -0.4 is 5.32 Å². The van der Waals surface area contributed by atoms with E-state index in [1.54, 1.807) is 7.05 Å². The van der Waals surface area contributed by atoms with Crippen LogP contribution in [0, 0.1) is 5.92 Å². The van der Waals surface area contributed by atoms with Gasteiger partial charge in [0.2, 0.25) is 5.91 Å². The van der Waals surface area contributed by atoms with E-state index in [2.05, 4.69) is 32.7 Å². The summed E-state index contributed by atoms with van der Waals surface area (Å²) in [7, 11) is 1.68. The van der Waals surface area contributed by atoms with Crippen molar-refractivity contribution in [1.29, 1.82) is 0 Å². The number of rotatable bonds is 7. The van der Waals surface area contributed by atoms with E-state index < -0.39 is 0 Å². The minimum Gasteiger partial charge on any atom is -0.357 e. The van der Waals surface area contributed by atoms with Crippen LogP contribution in [0.1, 0.15) is 40.5 Å². The van der Waals surface area contributed by atoms with Crippen LogP contribution in [-0.2, 0) is 4.79 Å². The van der Waals surface area contributed by atoms with Gasteiger partial charge in [0.15, 0.2) is 0 Å². The van der Waals surface area contributed by atoms with Crippen molar-refractivity contribution in [3.63, 3.8) is 0 Å². The quantitative estimate of drug-likeness (QED) is 0.739.